The van der Waals surface area contributed by atoms with Crippen LogP contribution >= 0.6 is 0 Å². The summed E-state index contributed by atoms with van der Waals surface area (Å²) in [7, 11) is 0. The van der Waals surface area contributed by atoms with Gasteiger partial charge in [0, 0.05) is 6.50 Å². The van der Waals surface area contributed by atoms with Crippen molar-refractivity contribution in [2.45, 2.75) is 6.50 Å². The monoisotopic (exact) mass is 248 g/mol. The lowest BCUT2D eigenvalue weighted by Gasteiger charge is -2.04. The van der Waals surface area contributed by atoms with Gasteiger partial charge < -0.3 is 10.3 Å². The third kappa shape index (κ3) is 1.95. The Balaban J connectivity index is 2.12. The van der Waals surface area contributed by atoms with Crippen molar-refractivity contribution >= 4 is 17.1 Å². The first-order valence-electron chi connectivity index (χ1n) is 8.42. The van der Waals surface area contributed by atoms with Crippen LogP contribution in [0.1, 0.15) is 15.2 Å². The van der Waals surface area contributed by atoms with E-state index in [1.807, 2.05) is 0 Å². The average molecular weight is 248 g/mol. The van der Waals surface area contributed by atoms with E-state index in [1.54, 1.807) is 0 Å². The molecule has 90 valence electrons. The summed E-state index contributed by atoms with van der Waals surface area (Å²) in [5.74, 6) is -0.290. The number of nitrogens with zero attached hydrogens (tertiary/aromatic N) is 2. The fourth-order valence-corrected chi connectivity index (χ4v) is 1.34. The van der Waals surface area contributed by atoms with Gasteiger partial charge in [0.25, 0.3) is 5.56 Å². The molecular formula is C12H11N5O. The van der Waals surface area contributed by atoms with E-state index in [2.05, 4.69) is 25.3 Å². The lowest BCUT2D eigenvalue weighted by molar-refractivity contribution is 1.05. The number of H-pyrrole nitrogens is 2. The van der Waals surface area contributed by atoms with E-state index >= 15 is 0 Å². The smallest absolute Gasteiger partial charge is 0.278 e. The molecule has 3 aromatic rings. The van der Waals surface area contributed by atoms with Gasteiger partial charge in [-0.05, 0) is 5.56 Å². The number of aromatic amines is 2. The van der Waals surface area contributed by atoms with Crippen molar-refractivity contribution in [1.82, 2.24) is 19.9 Å². The molecule has 0 aliphatic carbocycles. The van der Waals surface area contributed by atoms with Crippen molar-refractivity contribution in [2.75, 3.05) is 5.32 Å². The van der Waals surface area contributed by atoms with Crippen molar-refractivity contribution < 1.29 is 9.60 Å². The Labute approximate surface area is 112 Å². The highest BCUT2D eigenvalue weighted by Gasteiger charge is 2.04. The molecule has 0 fully saturated rings. The van der Waals surface area contributed by atoms with Crippen LogP contribution < -0.4 is 10.9 Å². The SMILES string of the molecule is [2H]c1c([2H])c([2H])c(C([2H])([2H])Nc2nc3nc[nH]c3c(=O)[nH]2)c([2H])c1[2H]. The third-order valence-corrected chi connectivity index (χ3v) is 2.10. The van der Waals surface area contributed by atoms with Crippen molar-refractivity contribution in [3.05, 3.63) is 52.5 Å². The van der Waals surface area contributed by atoms with Gasteiger partial charge in [0.1, 0.15) is 0 Å². The van der Waals surface area contributed by atoms with Crippen molar-refractivity contribution in [2.24, 2.45) is 0 Å². The van der Waals surface area contributed by atoms with Gasteiger partial charge in [-0.2, -0.15) is 4.98 Å². The van der Waals surface area contributed by atoms with Gasteiger partial charge in [-0.3, -0.25) is 9.78 Å². The van der Waals surface area contributed by atoms with Crippen molar-refractivity contribution in [3.63, 3.8) is 0 Å². The van der Waals surface area contributed by atoms with Gasteiger partial charge in [-0.1, -0.05) is 30.2 Å². The van der Waals surface area contributed by atoms with Gasteiger partial charge in [-0.15, -0.1) is 0 Å². The van der Waals surface area contributed by atoms with Crippen molar-refractivity contribution in [1.29, 1.82) is 0 Å². The Kier molecular flexibility index (Phi) is 1.28. The minimum atomic E-state index is -2.60. The maximum Gasteiger partial charge on any atom is 0.278 e. The molecular weight excluding hydrogens is 230 g/mol. The number of hydrogen-bond donors (Lipinski definition) is 3. The summed E-state index contributed by atoms with van der Waals surface area (Å²) in [6.07, 6.45) is 1.25. The van der Waals surface area contributed by atoms with E-state index in [0.717, 1.165) is 0 Å². The van der Waals surface area contributed by atoms with Crippen molar-refractivity contribution in [3.8, 4) is 0 Å². The summed E-state index contributed by atoms with van der Waals surface area (Å²) >= 11 is 0. The molecule has 0 spiro atoms. The average Bonchev–Trinajstić information content (AvgIpc) is 2.99. The number of nitrogens with one attached hydrogen (secondary N) is 3. The van der Waals surface area contributed by atoms with Crippen LogP contribution in [0.5, 0.6) is 0 Å². The molecule has 2 heterocycles. The fourth-order valence-electron chi connectivity index (χ4n) is 1.34. The number of anilines is 1. The van der Waals surface area contributed by atoms with E-state index < -0.39 is 47.8 Å². The number of imidazole rings is 1. The largest absolute Gasteiger partial charge is 0.352 e. The molecule has 0 aliphatic rings. The van der Waals surface area contributed by atoms with Crippen LogP contribution in [-0.4, -0.2) is 19.9 Å². The highest BCUT2D eigenvalue weighted by molar-refractivity contribution is 5.69. The topological polar surface area (TPSA) is 86.5 Å². The molecule has 1 aromatic carbocycles. The van der Waals surface area contributed by atoms with E-state index in [4.69, 9.17) is 9.60 Å². The lowest BCUT2D eigenvalue weighted by atomic mass is 10.2. The number of rotatable bonds is 3. The minimum Gasteiger partial charge on any atom is -0.352 e. The van der Waals surface area contributed by atoms with E-state index in [9.17, 15) is 4.79 Å². The third-order valence-electron chi connectivity index (χ3n) is 2.10. The minimum absolute atomic E-state index is 0.0445. The molecule has 0 saturated carbocycles. The maximum absolute atomic E-state index is 11.9. The molecule has 0 unspecified atom stereocenters. The number of hydrogen-bond acceptors (Lipinski definition) is 4. The zero-order chi connectivity index (χ0) is 18.5. The Morgan fingerprint density at radius 2 is 2.22 bits per heavy atom. The second-order valence-electron chi connectivity index (χ2n) is 3.27. The van der Waals surface area contributed by atoms with E-state index in [1.165, 1.54) is 6.33 Å². The van der Waals surface area contributed by atoms with E-state index in [0.29, 0.717) is 0 Å². The number of aromatic nitrogens is 4. The molecule has 0 radical (unpaired) electrons. The zero-order valence-electron chi connectivity index (χ0n) is 15.9. The summed E-state index contributed by atoms with van der Waals surface area (Å²) in [5.41, 5.74) is -1.04. The zero-order valence-corrected chi connectivity index (χ0v) is 8.88. The first kappa shape index (κ1) is 5.34. The molecule has 0 atom stereocenters. The summed E-state index contributed by atoms with van der Waals surface area (Å²) in [6.45, 7) is -2.60. The van der Waals surface area contributed by atoms with Crippen LogP contribution in [0.2, 0.25) is 0 Å². The molecule has 18 heavy (non-hydrogen) atoms. The van der Waals surface area contributed by atoms with Gasteiger partial charge in [0.2, 0.25) is 5.95 Å². The lowest BCUT2D eigenvalue weighted by Crippen LogP contribution is -2.13. The Hall–Kier alpha value is -2.63. The molecule has 0 saturated heterocycles. The predicted octanol–water partition coefficient (Wildman–Crippen LogP) is 1.26. The molecule has 6 nitrogen and oxygen atoms in total. The van der Waals surface area contributed by atoms with Gasteiger partial charge in [0.05, 0.1) is 15.9 Å². The molecule has 0 bridgehead atoms. The van der Waals surface area contributed by atoms with Crippen LogP contribution in [0, 0.1) is 0 Å². The highest BCUT2D eigenvalue weighted by atomic mass is 16.1. The Bertz CT molecular complexity index is 1020. The molecule has 3 rings (SSSR count). The first-order valence-corrected chi connectivity index (χ1v) is 4.92. The number of fused-ring (bicyclic) bond motifs is 1. The van der Waals surface area contributed by atoms with E-state index in [-0.39, 0.29) is 17.1 Å². The number of benzene rings is 1. The summed E-state index contributed by atoms with van der Waals surface area (Å²) in [5, 5.41) is 2.26. The van der Waals surface area contributed by atoms with Crippen LogP contribution in [0.25, 0.3) is 11.2 Å². The maximum atomic E-state index is 11.9. The van der Waals surface area contributed by atoms with Gasteiger partial charge in [-0.25, -0.2) is 4.98 Å². The normalized spacial score (nSPS) is 17.0. The summed E-state index contributed by atoms with van der Waals surface area (Å²) in [6, 6.07) is -3.32. The molecule has 2 aromatic heterocycles. The second kappa shape index (κ2) is 4.33. The predicted molar refractivity (Wildman–Crippen MR) is 68.3 cm³/mol. The summed E-state index contributed by atoms with van der Waals surface area (Å²) < 4.78 is 54.7. The van der Waals surface area contributed by atoms with Gasteiger partial charge >= 0.3 is 0 Å². The molecule has 0 aliphatic heterocycles. The highest BCUT2D eigenvalue weighted by Crippen LogP contribution is 2.05. The van der Waals surface area contributed by atoms with Crippen LogP contribution in [0.4, 0.5) is 5.95 Å². The van der Waals surface area contributed by atoms with Crippen LogP contribution in [-0.2, 0) is 6.50 Å². The van der Waals surface area contributed by atoms with Gasteiger partial charge in [0.15, 0.2) is 11.2 Å². The first-order chi connectivity index (χ1) is 11.6. The fraction of sp³-hybridized carbons (Fsp3) is 0.0833. The Morgan fingerprint density at radius 1 is 1.39 bits per heavy atom. The standard InChI is InChI=1S/C12H11N5O/c18-11-9-10(15-7-14-9)16-12(17-11)13-6-8-4-2-1-3-5-8/h1-5,7H,6H2,(H3,13,14,15,16,17,18)/i1D,2D,3D,4D,5D,6D2. The second-order valence-corrected chi connectivity index (χ2v) is 3.27. The quantitative estimate of drug-likeness (QED) is 0.651. The molecule has 6 heteroatoms. The van der Waals surface area contributed by atoms with Crippen LogP contribution in [0.15, 0.2) is 41.3 Å². The molecule has 3 N–H and O–H groups in total. The summed E-state index contributed by atoms with van der Waals surface area (Å²) in [4.78, 5) is 24.5. The van der Waals surface area contributed by atoms with Crippen LogP contribution in [0.3, 0.4) is 0 Å². The Morgan fingerprint density at radius 3 is 3.06 bits per heavy atom. The molecule has 0 amide bonds.